The molecule has 0 aliphatic heterocycles. The zero-order valence-corrected chi connectivity index (χ0v) is 14.8. The van der Waals surface area contributed by atoms with Crippen LogP contribution in [0.15, 0.2) is 48.5 Å². The van der Waals surface area contributed by atoms with Crippen molar-refractivity contribution in [3.8, 4) is 11.8 Å². The molecule has 0 radical (unpaired) electrons. The van der Waals surface area contributed by atoms with Crippen molar-refractivity contribution >= 4 is 29.2 Å². The van der Waals surface area contributed by atoms with Crippen LogP contribution in [0.1, 0.15) is 25.0 Å². The summed E-state index contributed by atoms with van der Waals surface area (Å²) in [6.07, 6.45) is 1.60. The third kappa shape index (κ3) is 5.98. The maximum Gasteiger partial charge on any atom is 0.344 e. The van der Waals surface area contributed by atoms with E-state index < -0.39 is 5.97 Å². The SMILES string of the molecule is CC(C)OC(=O)COc1ccc(/C=C(/C#N)c2cccc(Cl)c2)cc1. The van der Waals surface area contributed by atoms with Crippen molar-refractivity contribution < 1.29 is 14.3 Å². The van der Waals surface area contributed by atoms with Crippen molar-refractivity contribution in [2.24, 2.45) is 0 Å². The number of carbonyl (C=O) groups is 1. The highest BCUT2D eigenvalue weighted by Crippen LogP contribution is 2.22. The highest BCUT2D eigenvalue weighted by molar-refractivity contribution is 6.30. The van der Waals surface area contributed by atoms with E-state index in [1.165, 1.54) is 0 Å². The van der Waals surface area contributed by atoms with Crippen LogP contribution in [0, 0.1) is 11.3 Å². The normalized spacial score (nSPS) is 11.1. The molecule has 0 spiro atoms. The Bertz CT molecular complexity index is 804. The van der Waals surface area contributed by atoms with Crippen molar-refractivity contribution in [1.29, 1.82) is 5.26 Å². The number of nitrogens with zero attached hydrogens (tertiary/aromatic N) is 1. The fraction of sp³-hybridized carbons (Fsp3) is 0.200. The monoisotopic (exact) mass is 355 g/mol. The van der Waals surface area contributed by atoms with Gasteiger partial charge < -0.3 is 9.47 Å². The van der Waals surface area contributed by atoms with Crippen LogP contribution in [0.5, 0.6) is 5.75 Å². The second-order valence-electron chi connectivity index (χ2n) is 5.58. The number of esters is 1. The van der Waals surface area contributed by atoms with Gasteiger partial charge in [-0.15, -0.1) is 0 Å². The van der Waals surface area contributed by atoms with Crippen LogP contribution in [0.3, 0.4) is 0 Å². The summed E-state index contributed by atoms with van der Waals surface area (Å²) >= 11 is 5.97. The molecule has 0 saturated heterocycles. The van der Waals surface area contributed by atoms with Gasteiger partial charge in [0.15, 0.2) is 6.61 Å². The summed E-state index contributed by atoms with van der Waals surface area (Å²) in [6, 6.07) is 16.4. The fourth-order valence-electron chi connectivity index (χ4n) is 2.10. The number of benzene rings is 2. The van der Waals surface area contributed by atoms with Gasteiger partial charge in [-0.25, -0.2) is 4.79 Å². The first kappa shape index (κ1) is 18.6. The molecule has 0 bridgehead atoms. The third-order valence-electron chi connectivity index (χ3n) is 3.17. The van der Waals surface area contributed by atoms with Gasteiger partial charge in [0.05, 0.1) is 17.7 Å². The van der Waals surface area contributed by atoms with E-state index in [2.05, 4.69) is 6.07 Å². The lowest BCUT2D eigenvalue weighted by atomic mass is 10.0. The van der Waals surface area contributed by atoms with Crippen molar-refractivity contribution in [2.75, 3.05) is 6.61 Å². The van der Waals surface area contributed by atoms with Crippen molar-refractivity contribution in [3.63, 3.8) is 0 Å². The van der Waals surface area contributed by atoms with Gasteiger partial charge in [-0.2, -0.15) is 5.26 Å². The van der Waals surface area contributed by atoms with Crippen molar-refractivity contribution in [1.82, 2.24) is 0 Å². The Kier molecular flexibility index (Phi) is 6.62. The molecule has 4 nitrogen and oxygen atoms in total. The lowest BCUT2D eigenvalue weighted by Gasteiger charge is -2.09. The van der Waals surface area contributed by atoms with Gasteiger partial charge in [-0.3, -0.25) is 0 Å². The second-order valence-corrected chi connectivity index (χ2v) is 6.01. The number of nitriles is 1. The molecule has 2 rings (SSSR count). The molecular formula is C20H18ClNO3. The average Bonchev–Trinajstić information content (AvgIpc) is 2.58. The van der Waals surface area contributed by atoms with E-state index in [1.54, 1.807) is 50.3 Å². The molecule has 0 fully saturated rings. The van der Waals surface area contributed by atoms with Crippen molar-refractivity contribution in [3.05, 3.63) is 64.7 Å². The molecule has 0 N–H and O–H groups in total. The molecule has 0 atom stereocenters. The van der Waals surface area contributed by atoms with Crippen LogP contribution in [0.4, 0.5) is 0 Å². The molecule has 0 unspecified atom stereocenters. The largest absolute Gasteiger partial charge is 0.482 e. The molecule has 0 saturated carbocycles. The molecular weight excluding hydrogens is 338 g/mol. The quantitative estimate of drug-likeness (QED) is 0.427. The number of hydrogen-bond donors (Lipinski definition) is 0. The molecule has 0 amide bonds. The Balaban J connectivity index is 2.06. The molecule has 5 heteroatoms. The van der Waals surface area contributed by atoms with E-state index in [-0.39, 0.29) is 12.7 Å². The Labute approximate surface area is 152 Å². The molecule has 0 aliphatic carbocycles. The van der Waals surface area contributed by atoms with Crippen LogP contribution in [-0.2, 0) is 9.53 Å². The number of hydrogen-bond acceptors (Lipinski definition) is 4. The summed E-state index contributed by atoms with van der Waals surface area (Å²) in [5.41, 5.74) is 2.11. The number of carbonyl (C=O) groups excluding carboxylic acids is 1. The Hall–Kier alpha value is -2.77. The Morgan fingerprint density at radius 2 is 1.96 bits per heavy atom. The van der Waals surface area contributed by atoms with Gasteiger partial charge in [0, 0.05) is 5.02 Å². The first-order chi connectivity index (χ1) is 12.0. The van der Waals surface area contributed by atoms with E-state index in [4.69, 9.17) is 21.1 Å². The second kappa shape index (κ2) is 8.91. The van der Waals surface area contributed by atoms with E-state index in [1.807, 2.05) is 18.2 Å². The van der Waals surface area contributed by atoms with Crippen LogP contribution >= 0.6 is 11.6 Å². The van der Waals surface area contributed by atoms with Gasteiger partial charge in [0.25, 0.3) is 0 Å². The predicted molar refractivity (Wildman–Crippen MR) is 98.1 cm³/mol. The topological polar surface area (TPSA) is 59.3 Å². The molecule has 128 valence electrons. The summed E-state index contributed by atoms with van der Waals surface area (Å²) in [5, 5.41) is 9.95. The lowest BCUT2D eigenvalue weighted by Crippen LogP contribution is -2.18. The summed E-state index contributed by atoms with van der Waals surface area (Å²) < 4.78 is 10.4. The van der Waals surface area contributed by atoms with Crippen molar-refractivity contribution in [2.45, 2.75) is 20.0 Å². The van der Waals surface area contributed by atoms with E-state index in [0.717, 1.165) is 11.1 Å². The van der Waals surface area contributed by atoms with Crippen LogP contribution in [0.2, 0.25) is 5.02 Å². The minimum Gasteiger partial charge on any atom is -0.482 e. The number of halogens is 1. The number of allylic oxidation sites excluding steroid dienone is 1. The first-order valence-corrected chi connectivity index (χ1v) is 8.16. The summed E-state index contributed by atoms with van der Waals surface area (Å²) in [5.74, 6) is 0.144. The average molecular weight is 356 g/mol. The Morgan fingerprint density at radius 3 is 2.56 bits per heavy atom. The summed E-state index contributed by atoms with van der Waals surface area (Å²) in [6.45, 7) is 3.43. The fourth-order valence-corrected chi connectivity index (χ4v) is 2.29. The zero-order valence-electron chi connectivity index (χ0n) is 14.0. The highest BCUT2D eigenvalue weighted by Gasteiger charge is 2.07. The first-order valence-electron chi connectivity index (χ1n) is 7.78. The van der Waals surface area contributed by atoms with Gasteiger partial charge in [-0.1, -0.05) is 35.9 Å². The minimum absolute atomic E-state index is 0.140. The van der Waals surface area contributed by atoms with Gasteiger partial charge in [0.1, 0.15) is 5.75 Å². The highest BCUT2D eigenvalue weighted by atomic mass is 35.5. The minimum atomic E-state index is -0.410. The lowest BCUT2D eigenvalue weighted by molar-refractivity contribution is -0.149. The zero-order chi connectivity index (χ0) is 18.2. The standard InChI is InChI=1S/C20H18ClNO3/c1-14(2)25-20(23)13-24-19-8-6-15(7-9-19)10-17(12-22)16-4-3-5-18(21)11-16/h3-11,14H,13H2,1-2H3/b17-10-. The molecule has 0 aliphatic rings. The molecule has 2 aromatic rings. The summed E-state index contributed by atoms with van der Waals surface area (Å²) in [7, 11) is 0. The smallest absolute Gasteiger partial charge is 0.344 e. The third-order valence-corrected chi connectivity index (χ3v) is 3.41. The molecule has 0 heterocycles. The molecule has 2 aromatic carbocycles. The Morgan fingerprint density at radius 1 is 1.24 bits per heavy atom. The maximum atomic E-state index is 11.5. The van der Waals surface area contributed by atoms with Gasteiger partial charge in [0.2, 0.25) is 0 Å². The predicted octanol–water partition coefficient (Wildman–Crippen LogP) is 4.73. The van der Waals surface area contributed by atoms with E-state index in [9.17, 15) is 10.1 Å². The summed E-state index contributed by atoms with van der Waals surface area (Å²) in [4.78, 5) is 11.5. The molecule has 0 aromatic heterocycles. The number of rotatable bonds is 6. The van der Waals surface area contributed by atoms with Crippen LogP contribution < -0.4 is 4.74 Å². The van der Waals surface area contributed by atoms with E-state index >= 15 is 0 Å². The van der Waals surface area contributed by atoms with Crippen LogP contribution in [0.25, 0.3) is 11.6 Å². The number of ether oxygens (including phenoxy) is 2. The van der Waals surface area contributed by atoms with Crippen LogP contribution in [-0.4, -0.2) is 18.7 Å². The maximum absolute atomic E-state index is 11.5. The van der Waals surface area contributed by atoms with Gasteiger partial charge >= 0.3 is 5.97 Å². The van der Waals surface area contributed by atoms with E-state index in [0.29, 0.717) is 16.3 Å². The molecule has 25 heavy (non-hydrogen) atoms. The van der Waals surface area contributed by atoms with Gasteiger partial charge in [-0.05, 0) is 55.3 Å².